The van der Waals surface area contributed by atoms with Crippen LogP contribution in [0.25, 0.3) is 0 Å². The summed E-state index contributed by atoms with van der Waals surface area (Å²) in [6.45, 7) is 6.92. The average molecular weight is 173 g/mol. The van der Waals surface area contributed by atoms with Gasteiger partial charge in [-0.05, 0) is 25.1 Å². The minimum Gasteiger partial charge on any atom is -0.362 e. The number of hydrogen-bond donors (Lipinski definition) is 2. The number of nitrogens with zero attached hydrogens (tertiary/aromatic N) is 1. The van der Waals surface area contributed by atoms with Crippen molar-refractivity contribution >= 4 is 23.5 Å². The zero-order chi connectivity index (χ0) is 8.69. The molecule has 0 aliphatic rings. The lowest BCUT2D eigenvalue weighted by atomic mass is 10.3. The van der Waals surface area contributed by atoms with Crippen LogP contribution in [0, 0.1) is 5.92 Å². The summed E-state index contributed by atoms with van der Waals surface area (Å²) in [7, 11) is 0. The standard InChI is InChI=1S/C7H15N3S/c1-4-8-7(11)10-9-5-6(2)3/h5-6H,4H2,1-3H3,(H2,8,10,11)/b9-5+. The number of thiocarbonyl (C=S) groups is 1. The Hall–Kier alpha value is -0.640. The molecule has 2 N–H and O–H groups in total. The van der Waals surface area contributed by atoms with E-state index in [1.54, 1.807) is 0 Å². The zero-order valence-electron chi connectivity index (χ0n) is 7.22. The second kappa shape index (κ2) is 6.09. The van der Waals surface area contributed by atoms with Gasteiger partial charge in [-0.1, -0.05) is 13.8 Å². The van der Waals surface area contributed by atoms with Gasteiger partial charge >= 0.3 is 0 Å². The highest BCUT2D eigenvalue weighted by Crippen LogP contribution is 1.82. The minimum absolute atomic E-state index is 0.451. The van der Waals surface area contributed by atoms with Gasteiger partial charge in [-0.25, -0.2) is 0 Å². The summed E-state index contributed by atoms with van der Waals surface area (Å²) >= 11 is 4.87. The van der Waals surface area contributed by atoms with E-state index in [0.29, 0.717) is 11.0 Å². The summed E-state index contributed by atoms with van der Waals surface area (Å²) < 4.78 is 0. The maximum Gasteiger partial charge on any atom is 0.186 e. The molecule has 11 heavy (non-hydrogen) atoms. The molecule has 0 atom stereocenters. The fraction of sp³-hybridized carbons (Fsp3) is 0.714. The number of nitrogens with one attached hydrogen (secondary N) is 2. The van der Waals surface area contributed by atoms with E-state index in [0.717, 1.165) is 6.54 Å². The summed E-state index contributed by atoms with van der Waals surface area (Å²) in [6.07, 6.45) is 1.81. The highest BCUT2D eigenvalue weighted by Gasteiger charge is 1.88. The third-order valence-corrected chi connectivity index (χ3v) is 1.11. The van der Waals surface area contributed by atoms with E-state index >= 15 is 0 Å². The predicted molar refractivity (Wildman–Crippen MR) is 52.7 cm³/mol. The van der Waals surface area contributed by atoms with Crippen LogP contribution in [0.15, 0.2) is 5.10 Å². The Kier molecular flexibility index (Phi) is 5.74. The number of hydrogen-bond acceptors (Lipinski definition) is 2. The first-order valence-corrected chi connectivity index (χ1v) is 4.14. The fourth-order valence-electron chi connectivity index (χ4n) is 0.445. The molecule has 0 amide bonds. The Bertz CT molecular complexity index is 143. The molecule has 3 nitrogen and oxygen atoms in total. The lowest BCUT2D eigenvalue weighted by Gasteiger charge is -2.02. The van der Waals surface area contributed by atoms with Crippen LogP contribution in [0.4, 0.5) is 0 Å². The Labute approximate surface area is 73.3 Å². The molecule has 0 radical (unpaired) electrons. The van der Waals surface area contributed by atoms with Crippen LogP contribution < -0.4 is 10.7 Å². The normalized spacial score (nSPS) is 10.5. The Morgan fingerprint density at radius 2 is 2.27 bits per heavy atom. The first kappa shape index (κ1) is 10.4. The van der Waals surface area contributed by atoms with Gasteiger partial charge in [-0.2, -0.15) is 5.10 Å². The van der Waals surface area contributed by atoms with Crippen molar-refractivity contribution in [2.45, 2.75) is 20.8 Å². The van der Waals surface area contributed by atoms with Crippen LogP contribution >= 0.6 is 12.2 Å². The lowest BCUT2D eigenvalue weighted by Crippen LogP contribution is -2.31. The predicted octanol–water partition coefficient (Wildman–Crippen LogP) is 1.11. The minimum atomic E-state index is 0.451. The van der Waals surface area contributed by atoms with Gasteiger partial charge in [0.25, 0.3) is 0 Å². The van der Waals surface area contributed by atoms with Gasteiger partial charge in [0.05, 0.1) is 0 Å². The van der Waals surface area contributed by atoms with Crippen LogP contribution in [0.2, 0.25) is 0 Å². The van der Waals surface area contributed by atoms with Crippen LogP contribution in [0.1, 0.15) is 20.8 Å². The first-order chi connectivity index (χ1) is 5.16. The van der Waals surface area contributed by atoms with Crippen molar-refractivity contribution in [3.8, 4) is 0 Å². The Balaban J connectivity index is 3.45. The molecule has 0 spiro atoms. The fourth-order valence-corrected chi connectivity index (χ4v) is 0.642. The third-order valence-electron chi connectivity index (χ3n) is 0.876. The second-order valence-corrected chi connectivity index (χ2v) is 2.90. The molecular weight excluding hydrogens is 158 g/mol. The topological polar surface area (TPSA) is 36.4 Å². The van der Waals surface area contributed by atoms with Gasteiger partial charge in [0.2, 0.25) is 0 Å². The van der Waals surface area contributed by atoms with Gasteiger partial charge in [-0.15, -0.1) is 0 Å². The maximum atomic E-state index is 4.87. The molecule has 0 aliphatic heterocycles. The van der Waals surface area contributed by atoms with Gasteiger partial charge in [0.1, 0.15) is 0 Å². The molecule has 0 aromatic rings. The summed E-state index contributed by atoms with van der Waals surface area (Å²) in [4.78, 5) is 0. The molecule has 0 bridgehead atoms. The molecule has 4 heteroatoms. The van der Waals surface area contributed by atoms with Crippen molar-refractivity contribution in [3.05, 3.63) is 0 Å². The van der Waals surface area contributed by atoms with Gasteiger partial charge in [0, 0.05) is 12.8 Å². The largest absolute Gasteiger partial charge is 0.362 e. The van der Waals surface area contributed by atoms with Gasteiger partial charge < -0.3 is 5.32 Å². The summed E-state index contributed by atoms with van der Waals surface area (Å²) in [5, 5.41) is 7.41. The van der Waals surface area contributed by atoms with E-state index < -0.39 is 0 Å². The first-order valence-electron chi connectivity index (χ1n) is 3.73. The van der Waals surface area contributed by atoms with Crippen molar-refractivity contribution in [1.82, 2.24) is 10.7 Å². The summed E-state index contributed by atoms with van der Waals surface area (Å²) in [5.41, 5.74) is 2.70. The van der Waals surface area contributed by atoms with Crippen LogP contribution in [0.5, 0.6) is 0 Å². The zero-order valence-corrected chi connectivity index (χ0v) is 8.03. The van der Waals surface area contributed by atoms with Gasteiger partial charge in [0.15, 0.2) is 5.11 Å². The Morgan fingerprint density at radius 3 is 2.73 bits per heavy atom. The molecular formula is C7H15N3S. The molecule has 64 valence electrons. The van der Waals surface area contributed by atoms with Crippen LogP contribution in [-0.4, -0.2) is 17.9 Å². The van der Waals surface area contributed by atoms with E-state index in [2.05, 4.69) is 29.7 Å². The lowest BCUT2D eigenvalue weighted by molar-refractivity contribution is 0.864. The molecule has 0 rings (SSSR count). The molecule has 0 aliphatic carbocycles. The summed E-state index contributed by atoms with van der Waals surface area (Å²) in [6, 6.07) is 0. The molecule has 0 fully saturated rings. The molecule has 0 saturated carbocycles. The van der Waals surface area contributed by atoms with Crippen molar-refractivity contribution in [3.63, 3.8) is 0 Å². The van der Waals surface area contributed by atoms with Crippen LogP contribution in [-0.2, 0) is 0 Å². The van der Waals surface area contributed by atoms with E-state index in [-0.39, 0.29) is 0 Å². The maximum absolute atomic E-state index is 4.87. The summed E-state index contributed by atoms with van der Waals surface area (Å²) in [5.74, 6) is 0.451. The third kappa shape index (κ3) is 7.25. The molecule has 0 aromatic heterocycles. The molecule has 0 aromatic carbocycles. The van der Waals surface area contributed by atoms with E-state index in [4.69, 9.17) is 12.2 Å². The Morgan fingerprint density at radius 1 is 1.64 bits per heavy atom. The molecule has 0 unspecified atom stereocenters. The monoisotopic (exact) mass is 173 g/mol. The quantitative estimate of drug-likeness (QED) is 0.381. The van der Waals surface area contributed by atoms with Crippen molar-refractivity contribution in [1.29, 1.82) is 0 Å². The SMILES string of the molecule is CCNC(=S)N/N=C/C(C)C. The highest BCUT2D eigenvalue weighted by atomic mass is 32.1. The van der Waals surface area contributed by atoms with Crippen molar-refractivity contribution in [2.75, 3.05) is 6.54 Å². The van der Waals surface area contributed by atoms with Crippen LogP contribution in [0.3, 0.4) is 0 Å². The molecule has 0 saturated heterocycles. The van der Waals surface area contributed by atoms with Crippen molar-refractivity contribution < 1.29 is 0 Å². The van der Waals surface area contributed by atoms with E-state index in [1.807, 2.05) is 13.1 Å². The number of hydrazone groups is 1. The van der Waals surface area contributed by atoms with Gasteiger partial charge in [-0.3, -0.25) is 5.43 Å². The van der Waals surface area contributed by atoms with Crippen molar-refractivity contribution in [2.24, 2.45) is 11.0 Å². The second-order valence-electron chi connectivity index (χ2n) is 2.49. The average Bonchev–Trinajstić information content (AvgIpc) is 1.87. The van der Waals surface area contributed by atoms with E-state index in [9.17, 15) is 0 Å². The molecule has 0 heterocycles. The highest BCUT2D eigenvalue weighted by molar-refractivity contribution is 7.80. The van der Waals surface area contributed by atoms with E-state index in [1.165, 1.54) is 0 Å². The smallest absolute Gasteiger partial charge is 0.186 e. The number of rotatable bonds is 3.